The Balaban J connectivity index is 1.92. The van der Waals surface area contributed by atoms with Gasteiger partial charge in [-0.3, -0.25) is 4.79 Å². The molecule has 0 bridgehead atoms. The van der Waals surface area contributed by atoms with Crippen LogP contribution in [-0.2, 0) is 6.42 Å². The minimum Gasteiger partial charge on any atom is -0.493 e. The maximum Gasteiger partial charge on any atom is 0.275 e. The molecule has 2 aromatic rings. The first kappa shape index (κ1) is 15.8. The van der Waals surface area contributed by atoms with Crippen LogP contribution in [0.2, 0.25) is 0 Å². The predicted octanol–water partition coefficient (Wildman–Crippen LogP) is 3.43. The summed E-state index contributed by atoms with van der Waals surface area (Å²) in [4.78, 5) is 12.1. The monoisotopic (exact) mass is 296 g/mol. The molecule has 114 valence electrons. The van der Waals surface area contributed by atoms with Crippen LogP contribution in [-0.4, -0.2) is 18.7 Å². The van der Waals surface area contributed by atoms with Crippen LogP contribution in [0.5, 0.6) is 5.75 Å². The van der Waals surface area contributed by atoms with Gasteiger partial charge in [-0.1, -0.05) is 49.4 Å². The first-order valence-corrected chi connectivity index (χ1v) is 7.39. The highest BCUT2D eigenvalue weighted by atomic mass is 16.5. The number of amides is 1. The Labute approximate surface area is 130 Å². The molecule has 1 amide bonds. The van der Waals surface area contributed by atoms with E-state index in [2.05, 4.69) is 10.5 Å². The molecule has 1 N–H and O–H groups in total. The minimum atomic E-state index is -0.268. The summed E-state index contributed by atoms with van der Waals surface area (Å²) in [6, 6.07) is 17.1. The minimum absolute atomic E-state index is 0.268. The van der Waals surface area contributed by atoms with Gasteiger partial charge in [-0.05, 0) is 24.1 Å². The highest BCUT2D eigenvalue weighted by Gasteiger charge is 2.10. The summed E-state index contributed by atoms with van der Waals surface area (Å²) >= 11 is 0. The molecule has 0 saturated carbocycles. The smallest absolute Gasteiger partial charge is 0.275 e. The lowest BCUT2D eigenvalue weighted by molar-refractivity contribution is 0.0951. The average molecular weight is 296 g/mol. The van der Waals surface area contributed by atoms with Gasteiger partial charge in [0.15, 0.2) is 0 Å². The fraction of sp³-hybridized carbons (Fsp3) is 0.222. The van der Waals surface area contributed by atoms with E-state index in [-0.39, 0.29) is 5.91 Å². The van der Waals surface area contributed by atoms with E-state index in [9.17, 15) is 4.79 Å². The Morgan fingerprint density at radius 1 is 1.14 bits per heavy atom. The van der Waals surface area contributed by atoms with Crippen LogP contribution in [0, 0.1) is 0 Å². The SMILES string of the molecule is CCCOc1ccccc1C(=O)N/N=C/Cc1ccccc1. The van der Waals surface area contributed by atoms with Crippen LogP contribution in [0.1, 0.15) is 29.3 Å². The summed E-state index contributed by atoms with van der Waals surface area (Å²) in [5.41, 5.74) is 4.18. The fourth-order valence-corrected chi connectivity index (χ4v) is 1.92. The quantitative estimate of drug-likeness (QED) is 0.628. The van der Waals surface area contributed by atoms with Crippen molar-refractivity contribution in [1.82, 2.24) is 5.43 Å². The molecule has 0 heterocycles. The maximum absolute atomic E-state index is 12.1. The molecule has 0 spiro atoms. The third kappa shape index (κ3) is 4.74. The molecule has 0 saturated heterocycles. The van der Waals surface area contributed by atoms with Crippen molar-refractivity contribution in [3.8, 4) is 5.75 Å². The largest absolute Gasteiger partial charge is 0.493 e. The van der Waals surface area contributed by atoms with Crippen molar-refractivity contribution in [2.45, 2.75) is 19.8 Å². The fourth-order valence-electron chi connectivity index (χ4n) is 1.92. The maximum atomic E-state index is 12.1. The van der Waals surface area contributed by atoms with Crippen molar-refractivity contribution in [3.63, 3.8) is 0 Å². The number of ether oxygens (including phenoxy) is 1. The second-order valence-electron chi connectivity index (χ2n) is 4.79. The van der Waals surface area contributed by atoms with E-state index in [1.165, 1.54) is 0 Å². The lowest BCUT2D eigenvalue weighted by Crippen LogP contribution is -2.19. The third-order valence-electron chi connectivity index (χ3n) is 3.02. The normalized spacial score (nSPS) is 10.6. The lowest BCUT2D eigenvalue weighted by Gasteiger charge is -2.09. The van der Waals surface area contributed by atoms with Crippen molar-refractivity contribution in [3.05, 3.63) is 65.7 Å². The van der Waals surface area contributed by atoms with Gasteiger partial charge in [0.1, 0.15) is 5.75 Å². The van der Waals surface area contributed by atoms with Gasteiger partial charge in [-0.2, -0.15) is 5.10 Å². The Hall–Kier alpha value is -2.62. The van der Waals surface area contributed by atoms with Gasteiger partial charge in [0.25, 0.3) is 5.91 Å². The van der Waals surface area contributed by atoms with Crippen LogP contribution in [0.4, 0.5) is 0 Å². The van der Waals surface area contributed by atoms with E-state index in [4.69, 9.17) is 4.74 Å². The molecule has 0 aliphatic rings. The number of nitrogens with one attached hydrogen (secondary N) is 1. The molecule has 0 aromatic heterocycles. The molecule has 0 fully saturated rings. The number of hydrogen-bond acceptors (Lipinski definition) is 3. The van der Waals surface area contributed by atoms with Gasteiger partial charge in [0, 0.05) is 12.6 Å². The number of rotatable bonds is 7. The highest BCUT2D eigenvalue weighted by molar-refractivity contribution is 5.97. The summed E-state index contributed by atoms with van der Waals surface area (Å²) in [6.45, 7) is 2.61. The molecule has 2 aromatic carbocycles. The second-order valence-corrected chi connectivity index (χ2v) is 4.79. The summed E-state index contributed by atoms with van der Waals surface area (Å²) < 4.78 is 5.57. The zero-order valence-electron chi connectivity index (χ0n) is 12.7. The van der Waals surface area contributed by atoms with E-state index in [1.807, 2.05) is 43.3 Å². The molecule has 4 heteroatoms. The van der Waals surface area contributed by atoms with Gasteiger partial charge >= 0.3 is 0 Å². The molecule has 0 atom stereocenters. The number of hydrazone groups is 1. The van der Waals surface area contributed by atoms with Crippen LogP contribution >= 0.6 is 0 Å². The van der Waals surface area contributed by atoms with E-state index in [0.717, 1.165) is 12.0 Å². The van der Waals surface area contributed by atoms with E-state index < -0.39 is 0 Å². The van der Waals surface area contributed by atoms with E-state index >= 15 is 0 Å². The number of para-hydroxylation sites is 1. The van der Waals surface area contributed by atoms with Crippen molar-refractivity contribution < 1.29 is 9.53 Å². The number of benzene rings is 2. The Morgan fingerprint density at radius 3 is 2.64 bits per heavy atom. The molecule has 0 unspecified atom stereocenters. The van der Waals surface area contributed by atoms with Crippen LogP contribution in [0.25, 0.3) is 0 Å². The zero-order valence-corrected chi connectivity index (χ0v) is 12.7. The average Bonchev–Trinajstić information content (AvgIpc) is 2.58. The van der Waals surface area contributed by atoms with Gasteiger partial charge in [-0.25, -0.2) is 5.43 Å². The molecule has 0 aliphatic heterocycles. The first-order chi connectivity index (χ1) is 10.8. The Kier molecular flexibility index (Phi) is 6.18. The van der Waals surface area contributed by atoms with Crippen molar-refractivity contribution in [1.29, 1.82) is 0 Å². The molecule has 0 aliphatic carbocycles. The molecule has 0 radical (unpaired) electrons. The summed E-state index contributed by atoms with van der Waals surface area (Å²) in [5, 5.41) is 3.98. The predicted molar refractivity (Wildman–Crippen MR) is 88.3 cm³/mol. The summed E-state index contributed by atoms with van der Waals surface area (Å²) in [5.74, 6) is 0.316. The Morgan fingerprint density at radius 2 is 1.86 bits per heavy atom. The topological polar surface area (TPSA) is 50.7 Å². The molecular weight excluding hydrogens is 276 g/mol. The summed E-state index contributed by atoms with van der Waals surface area (Å²) in [6.07, 6.45) is 3.25. The van der Waals surface area contributed by atoms with Gasteiger partial charge in [-0.15, -0.1) is 0 Å². The Bertz CT molecular complexity index is 624. The van der Waals surface area contributed by atoms with Gasteiger partial charge in [0.2, 0.25) is 0 Å². The standard InChI is InChI=1S/C18H20N2O2/c1-2-14-22-17-11-7-6-10-16(17)18(21)20-19-13-12-15-8-4-3-5-9-15/h3-11,13H,2,12,14H2,1H3,(H,20,21)/b19-13+. The van der Waals surface area contributed by atoms with Gasteiger partial charge < -0.3 is 4.74 Å². The first-order valence-electron chi connectivity index (χ1n) is 7.39. The number of nitrogens with zero attached hydrogens (tertiary/aromatic N) is 1. The van der Waals surface area contributed by atoms with Crippen LogP contribution in [0.3, 0.4) is 0 Å². The van der Waals surface area contributed by atoms with Crippen LogP contribution in [0.15, 0.2) is 59.7 Å². The number of carbonyl (C=O) groups is 1. The lowest BCUT2D eigenvalue weighted by atomic mass is 10.2. The van der Waals surface area contributed by atoms with E-state index in [0.29, 0.717) is 24.3 Å². The third-order valence-corrected chi connectivity index (χ3v) is 3.02. The van der Waals surface area contributed by atoms with Gasteiger partial charge in [0.05, 0.1) is 12.2 Å². The second kappa shape index (κ2) is 8.62. The number of hydrogen-bond donors (Lipinski definition) is 1. The zero-order chi connectivity index (χ0) is 15.6. The number of carbonyl (C=O) groups excluding carboxylic acids is 1. The molecular formula is C18H20N2O2. The van der Waals surface area contributed by atoms with Crippen molar-refractivity contribution in [2.24, 2.45) is 5.10 Å². The molecule has 4 nitrogen and oxygen atoms in total. The van der Waals surface area contributed by atoms with E-state index in [1.54, 1.807) is 24.4 Å². The molecule has 22 heavy (non-hydrogen) atoms. The van der Waals surface area contributed by atoms with Crippen molar-refractivity contribution in [2.75, 3.05) is 6.61 Å². The summed E-state index contributed by atoms with van der Waals surface area (Å²) in [7, 11) is 0. The molecule has 2 rings (SSSR count). The van der Waals surface area contributed by atoms with Crippen molar-refractivity contribution >= 4 is 12.1 Å². The van der Waals surface area contributed by atoms with Crippen LogP contribution < -0.4 is 10.2 Å². The highest BCUT2D eigenvalue weighted by Crippen LogP contribution is 2.17.